The zero-order valence-electron chi connectivity index (χ0n) is 21.8. The van der Waals surface area contributed by atoms with E-state index in [-0.39, 0.29) is 23.4 Å². The Hall–Kier alpha value is -3.32. The molecule has 1 amide bonds. The fourth-order valence-electron chi connectivity index (χ4n) is 4.60. The number of hydrogen-bond acceptors (Lipinski definition) is 4. The molecule has 3 aromatic carbocycles. The molecule has 0 aromatic heterocycles. The first-order valence-electron chi connectivity index (χ1n) is 12.1. The number of rotatable bonds is 6. The minimum atomic E-state index is -3.99. The Kier molecular flexibility index (Phi) is 6.88. The van der Waals surface area contributed by atoms with Crippen LogP contribution >= 0.6 is 0 Å². The largest absolute Gasteiger partial charge is 0.487 e. The first-order valence-corrected chi connectivity index (χ1v) is 13.6. The predicted molar refractivity (Wildman–Crippen MR) is 143 cm³/mol. The summed E-state index contributed by atoms with van der Waals surface area (Å²) < 4.78 is 35.0. The Morgan fingerprint density at radius 3 is 2.36 bits per heavy atom. The maximum Gasteiger partial charge on any atom is 0.264 e. The fourth-order valence-corrected chi connectivity index (χ4v) is 6.08. The Balaban J connectivity index is 1.69. The van der Waals surface area contributed by atoms with Crippen molar-refractivity contribution in [3.63, 3.8) is 0 Å². The maximum absolute atomic E-state index is 13.8. The average Bonchev–Trinajstić information content (AvgIpc) is 2.78. The van der Waals surface area contributed by atoms with Gasteiger partial charge in [-0.25, -0.2) is 8.42 Å². The highest BCUT2D eigenvalue weighted by atomic mass is 32.2. The zero-order chi connectivity index (χ0) is 26.3. The monoisotopic (exact) mass is 506 g/mol. The Morgan fingerprint density at radius 2 is 1.67 bits per heavy atom. The number of anilines is 1. The number of aryl methyl sites for hydroxylation is 3. The molecule has 1 unspecified atom stereocenters. The summed E-state index contributed by atoms with van der Waals surface area (Å²) in [5.41, 5.74) is 4.71. The summed E-state index contributed by atoms with van der Waals surface area (Å²) in [5, 5.41) is 3.09. The number of carbonyl (C=O) groups excluding carboxylic acids is 1. The number of benzene rings is 3. The molecule has 0 saturated heterocycles. The minimum absolute atomic E-state index is 0.148. The van der Waals surface area contributed by atoms with Crippen molar-refractivity contribution < 1.29 is 17.9 Å². The molecule has 1 atom stereocenters. The van der Waals surface area contributed by atoms with E-state index in [0.717, 1.165) is 33.6 Å². The second-order valence-corrected chi connectivity index (χ2v) is 12.1. The molecule has 0 fully saturated rings. The molecule has 1 aliphatic rings. The normalized spacial score (nSPS) is 16.6. The number of hydrogen-bond donors (Lipinski definition) is 1. The first-order chi connectivity index (χ1) is 16.9. The van der Waals surface area contributed by atoms with Crippen LogP contribution in [0.5, 0.6) is 5.75 Å². The molecule has 36 heavy (non-hydrogen) atoms. The third-order valence-electron chi connectivity index (χ3n) is 6.70. The van der Waals surface area contributed by atoms with E-state index < -0.39 is 15.6 Å². The lowest BCUT2D eigenvalue weighted by atomic mass is 9.89. The van der Waals surface area contributed by atoms with Crippen molar-refractivity contribution in [3.8, 4) is 5.75 Å². The van der Waals surface area contributed by atoms with Crippen LogP contribution in [0.2, 0.25) is 0 Å². The molecule has 0 aliphatic carbocycles. The van der Waals surface area contributed by atoms with E-state index in [0.29, 0.717) is 12.1 Å². The van der Waals surface area contributed by atoms with Crippen LogP contribution in [0.4, 0.5) is 5.69 Å². The van der Waals surface area contributed by atoms with Crippen molar-refractivity contribution >= 4 is 21.6 Å². The van der Waals surface area contributed by atoms with Gasteiger partial charge >= 0.3 is 0 Å². The lowest BCUT2D eigenvalue weighted by molar-refractivity contribution is -0.120. The van der Waals surface area contributed by atoms with Crippen LogP contribution in [0.25, 0.3) is 0 Å². The van der Waals surface area contributed by atoms with E-state index in [1.54, 1.807) is 30.3 Å². The van der Waals surface area contributed by atoms with E-state index in [1.807, 2.05) is 71.9 Å². The highest BCUT2D eigenvalue weighted by Gasteiger charge is 2.36. The fraction of sp³-hybridized carbons (Fsp3) is 0.345. The van der Waals surface area contributed by atoms with Crippen LogP contribution in [0, 0.1) is 27.7 Å². The number of nitrogens with zero attached hydrogens (tertiary/aromatic N) is 1. The van der Waals surface area contributed by atoms with Crippen LogP contribution in [-0.4, -0.2) is 26.5 Å². The van der Waals surface area contributed by atoms with Crippen molar-refractivity contribution in [1.82, 2.24) is 5.32 Å². The standard InChI is InChI=1S/C29H34N2O4S/c1-19-10-13-23(14-11-19)36(33,34)31(26-9-7-8-21(3)22(26)4)18-28(32)30-25-17-29(5,6)35-27-16-20(2)12-15-24(25)27/h7-16,25H,17-18H2,1-6H3,(H,30,32). The van der Waals surface area contributed by atoms with Gasteiger partial charge in [-0.15, -0.1) is 0 Å². The molecule has 0 spiro atoms. The summed E-state index contributed by atoms with van der Waals surface area (Å²) in [5.74, 6) is 0.371. The van der Waals surface area contributed by atoms with Crippen LogP contribution < -0.4 is 14.4 Å². The number of carbonyl (C=O) groups is 1. The van der Waals surface area contributed by atoms with Crippen molar-refractivity contribution in [2.45, 2.75) is 64.5 Å². The molecular formula is C29H34N2O4S. The van der Waals surface area contributed by atoms with Gasteiger partial charge in [-0.05, 0) is 82.5 Å². The van der Waals surface area contributed by atoms with Gasteiger partial charge in [0.1, 0.15) is 17.9 Å². The topological polar surface area (TPSA) is 75.7 Å². The SMILES string of the molecule is Cc1ccc(S(=O)(=O)N(CC(=O)NC2CC(C)(C)Oc3cc(C)ccc32)c2cccc(C)c2C)cc1. The lowest BCUT2D eigenvalue weighted by Crippen LogP contribution is -2.45. The van der Waals surface area contributed by atoms with Crippen molar-refractivity contribution in [1.29, 1.82) is 0 Å². The first kappa shape index (κ1) is 25.8. The third kappa shape index (κ3) is 5.26. The number of nitrogens with one attached hydrogen (secondary N) is 1. The molecule has 1 N–H and O–H groups in total. The second kappa shape index (κ2) is 9.62. The Bertz CT molecular complexity index is 1400. The van der Waals surface area contributed by atoms with E-state index in [1.165, 1.54) is 4.31 Å². The highest BCUT2D eigenvalue weighted by Crippen LogP contribution is 2.40. The molecule has 6 nitrogen and oxygen atoms in total. The van der Waals surface area contributed by atoms with Gasteiger partial charge in [0.25, 0.3) is 10.0 Å². The average molecular weight is 507 g/mol. The molecule has 1 aliphatic heterocycles. The van der Waals surface area contributed by atoms with E-state index >= 15 is 0 Å². The molecule has 0 saturated carbocycles. The summed E-state index contributed by atoms with van der Waals surface area (Å²) in [6.45, 7) is 11.3. The molecular weight excluding hydrogens is 472 g/mol. The molecule has 4 rings (SSSR count). The van der Waals surface area contributed by atoms with Crippen molar-refractivity contribution in [2.75, 3.05) is 10.8 Å². The van der Waals surface area contributed by atoms with Gasteiger partial charge in [-0.2, -0.15) is 0 Å². The number of ether oxygens (including phenoxy) is 1. The quantitative estimate of drug-likeness (QED) is 0.477. The lowest BCUT2D eigenvalue weighted by Gasteiger charge is -2.38. The predicted octanol–water partition coefficient (Wildman–Crippen LogP) is 5.53. The zero-order valence-corrected chi connectivity index (χ0v) is 22.6. The number of sulfonamides is 1. The number of amides is 1. The molecule has 190 valence electrons. The van der Waals surface area contributed by atoms with Crippen LogP contribution in [0.15, 0.2) is 65.6 Å². The van der Waals surface area contributed by atoms with Gasteiger partial charge in [0.05, 0.1) is 16.6 Å². The number of fused-ring (bicyclic) bond motifs is 1. The molecule has 7 heteroatoms. The van der Waals surface area contributed by atoms with Gasteiger partial charge < -0.3 is 10.1 Å². The van der Waals surface area contributed by atoms with Crippen LogP contribution in [0.3, 0.4) is 0 Å². The van der Waals surface area contributed by atoms with E-state index in [2.05, 4.69) is 5.32 Å². The van der Waals surface area contributed by atoms with Gasteiger partial charge in [-0.3, -0.25) is 9.10 Å². The van der Waals surface area contributed by atoms with Gasteiger partial charge in [0, 0.05) is 12.0 Å². The minimum Gasteiger partial charge on any atom is -0.487 e. The maximum atomic E-state index is 13.8. The van der Waals surface area contributed by atoms with E-state index in [9.17, 15) is 13.2 Å². The second-order valence-electron chi connectivity index (χ2n) is 10.3. The summed E-state index contributed by atoms with van der Waals surface area (Å²) in [4.78, 5) is 13.6. The summed E-state index contributed by atoms with van der Waals surface area (Å²) >= 11 is 0. The van der Waals surface area contributed by atoms with Gasteiger partial charge in [0.2, 0.25) is 5.91 Å². The van der Waals surface area contributed by atoms with E-state index in [4.69, 9.17) is 4.74 Å². The smallest absolute Gasteiger partial charge is 0.264 e. The van der Waals surface area contributed by atoms with Crippen molar-refractivity contribution in [3.05, 3.63) is 88.5 Å². The highest BCUT2D eigenvalue weighted by molar-refractivity contribution is 7.92. The van der Waals surface area contributed by atoms with Crippen molar-refractivity contribution in [2.24, 2.45) is 0 Å². The van der Waals surface area contributed by atoms with Crippen LogP contribution in [-0.2, 0) is 14.8 Å². The van der Waals surface area contributed by atoms with Gasteiger partial charge in [0.15, 0.2) is 0 Å². The Labute approximate surface area is 214 Å². The molecule has 0 radical (unpaired) electrons. The third-order valence-corrected chi connectivity index (χ3v) is 8.48. The Morgan fingerprint density at radius 1 is 1.00 bits per heavy atom. The molecule has 3 aromatic rings. The summed E-state index contributed by atoms with van der Waals surface area (Å²) in [6, 6.07) is 17.8. The van der Waals surface area contributed by atoms with Crippen LogP contribution in [0.1, 0.15) is 54.1 Å². The summed E-state index contributed by atoms with van der Waals surface area (Å²) in [7, 11) is -3.99. The summed E-state index contributed by atoms with van der Waals surface area (Å²) in [6.07, 6.45) is 0.572. The molecule has 1 heterocycles. The van der Waals surface area contributed by atoms with Gasteiger partial charge in [-0.1, -0.05) is 42.0 Å². The molecule has 0 bridgehead atoms.